The molecule has 4 rings (SSSR count). The summed E-state index contributed by atoms with van der Waals surface area (Å²) in [7, 11) is 0. The summed E-state index contributed by atoms with van der Waals surface area (Å²) in [6.07, 6.45) is 0. The van der Waals surface area contributed by atoms with E-state index >= 15 is 0 Å². The Kier molecular flexibility index (Phi) is 4.30. The number of aromatic amines is 2. The first-order valence-corrected chi connectivity index (χ1v) is 9.07. The molecule has 8 heteroatoms. The second-order valence-corrected chi connectivity index (χ2v) is 7.06. The predicted molar refractivity (Wildman–Crippen MR) is 98.3 cm³/mol. The van der Waals surface area contributed by atoms with Gasteiger partial charge >= 0.3 is 0 Å². The van der Waals surface area contributed by atoms with Gasteiger partial charge in [0.05, 0.1) is 11.0 Å². The summed E-state index contributed by atoms with van der Waals surface area (Å²) < 4.78 is 0.840. The topological polar surface area (TPSA) is 80.9 Å². The van der Waals surface area contributed by atoms with Gasteiger partial charge in [0.1, 0.15) is 11.5 Å². The molecule has 3 aromatic rings. The number of halogens is 1. The van der Waals surface area contributed by atoms with Gasteiger partial charge in [-0.15, -0.1) is 0 Å². The number of benzene rings is 1. The number of rotatable bonds is 3. The zero-order chi connectivity index (χ0) is 17.4. The summed E-state index contributed by atoms with van der Waals surface area (Å²) >= 11 is 3.57. The van der Waals surface area contributed by atoms with Crippen LogP contribution >= 0.6 is 15.9 Å². The Labute approximate surface area is 153 Å². The highest BCUT2D eigenvalue weighted by Gasteiger charge is 2.26. The van der Waals surface area contributed by atoms with Crippen molar-refractivity contribution in [3.05, 3.63) is 46.1 Å². The zero-order valence-electron chi connectivity index (χ0n) is 13.9. The molecule has 0 saturated carbocycles. The minimum absolute atomic E-state index is 0.0384. The van der Waals surface area contributed by atoms with Gasteiger partial charge in [-0.05, 0) is 28.9 Å². The molecule has 0 aliphatic carbocycles. The van der Waals surface area contributed by atoms with Crippen LogP contribution in [0.4, 0.5) is 0 Å². The summed E-state index contributed by atoms with van der Waals surface area (Å²) in [5, 5.41) is 8.07. The Hall–Kier alpha value is -2.19. The molecule has 1 aliphatic heterocycles. The van der Waals surface area contributed by atoms with Crippen LogP contribution in [-0.4, -0.2) is 62.1 Å². The molecule has 25 heavy (non-hydrogen) atoms. The van der Waals surface area contributed by atoms with Gasteiger partial charge < -0.3 is 9.88 Å². The normalized spacial score (nSPS) is 15.8. The van der Waals surface area contributed by atoms with E-state index in [-0.39, 0.29) is 5.91 Å². The van der Waals surface area contributed by atoms with Gasteiger partial charge in [-0.2, -0.15) is 5.10 Å². The zero-order valence-corrected chi connectivity index (χ0v) is 15.5. The number of nitrogens with one attached hydrogen (secondary N) is 2. The second kappa shape index (κ2) is 6.61. The number of para-hydroxylation sites is 1. The molecule has 2 N–H and O–H groups in total. The molecule has 1 aliphatic rings. The van der Waals surface area contributed by atoms with Gasteiger partial charge in [0.15, 0.2) is 5.82 Å². The van der Waals surface area contributed by atoms with Crippen molar-refractivity contribution in [2.75, 3.05) is 26.2 Å². The van der Waals surface area contributed by atoms with Crippen molar-refractivity contribution in [1.29, 1.82) is 0 Å². The smallest absolute Gasteiger partial charge is 0.271 e. The second-order valence-electron chi connectivity index (χ2n) is 6.26. The van der Waals surface area contributed by atoms with Crippen molar-refractivity contribution >= 4 is 32.7 Å². The number of hydrogen-bond donors (Lipinski definition) is 2. The highest BCUT2D eigenvalue weighted by Crippen LogP contribution is 2.28. The molecular weight excluding hydrogens is 384 g/mol. The van der Waals surface area contributed by atoms with Crippen molar-refractivity contribution in [2.45, 2.75) is 13.5 Å². The summed E-state index contributed by atoms with van der Waals surface area (Å²) in [6.45, 7) is 5.64. The minimum atomic E-state index is 0.0384. The fourth-order valence-corrected chi connectivity index (χ4v) is 3.80. The molecule has 0 unspecified atom stereocenters. The van der Waals surface area contributed by atoms with E-state index in [1.54, 1.807) is 0 Å². The summed E-state index contributed by atoms with van der Waals surface area (Å²) in [5.41, 5.74) is 1.59. The highest BCUT2D eigenvalue weighted by atomic mass is 79.9. The molecule has 1 saturated heterocycles. The lowest BCUT2D eigenvalue weighted by atomic mass is 10.2. The Morgan fingerprint density at radius 2 is 2.00 bits per heavy atom. The van der Waals surface area contributed by atoms with Crippen molar-refractivity contribution in [3.8, 4) is 0 Å². The molecule has 2 aromatic heterocycles. The number of hydrogen-bond acceptors (Lipinski definition) is 4. The van der Waals surface area contributed by atoms with Crippen LogP contribution < -0.4 is 0 Å². The summed E-state index contributed by atoms with van der Waals surface area (Å²) in [6, 6.07) is 7.92. The number of aryl methyl sites for hydroxylation is 1. The molecule has 0 bridgehead atoms. The quantitative estimate of drug-likeness (QED) is 0.704. The van der Waals surface area contributed by atoms with Crippen molar-refractivity contribution in [2.24, 2.45) is 0 Å². The van der Waals surface area contributed by atoms with E-state index in [0.29, 0.717) is 25.3 Å². The first-order chi connectivity index (χ1) is 12.1. The predicted octanol–water partition coefficient (Wildman–Crippen LogP) is 2.31. The standard InChI is InChI=1S/C17H19BrN6O/c1-11-19-14(22-21-11)10-23-6-8-24(9-7-23)17(25)16-15(18)12-4-2-3-5-13(12)20-16/h2-5,20H,6-10H2,1H3,(H,19,21,22). The first-order valence-electron chi connectivity index (χ1n) is 8.27. The van der Waals surface area contributed by atoms with Crippen LogP contribution in [0, 0.1) is 6.92 Å². The average Bonchev–Trinajstić information content (AvgIpc) is 3.19. The van der Waals surface area contributed by atoms with Crippen LogP contribution in [0.5, 0.6) is 0 Å². The molecule has 1 fully saturated rings. The van der Waals surface area contributed by atoms with E-state index in [2.05, 4.69) is 41.0 Å². The maximum Gasteiger partial charge on any atom is 0.271 e. The number of carbonyl (C=O) groups is 1. The van der Waals surface area contributed by atoms with Crippen molar-refractivity contribution < 1.29 is 4.79 Å². The van der Waals surface area contributed by atoms with Crippen LogP contribution in [-0.2, 0) is 6.54 Å². The maximum atomic E-state index is 12.9. The van der Waals surface area contributed by atoms with E-state index < -0.39 is 0 Å². The van der Waals surface area contributed by atoms with Crippen LogP contribution in [0.3, 0.4) is 0 Å². The van der Waals surface area contributed by atoms with Crippen LogP contribution in [0.25, 0.3) is 10.9 Å². The van der Waals surface area contributed by atoms with Crippen LogP contribution in [0.15, 0.2) is 28.7 Å². The average molecular weight is 403 g/mol. The van der Waals surface area contributed by atoms with Gasteiger partial charge in [-0.1, -0.05) is 18.2 Å². The van der Waals surface area contributed by atoms with Crippen molar-refractivity contribution in [1.82, 2.24) is 30.0 Å². The lowest BCUT2D eigenvalue weighted by molar-refractivity contribution is 0.0620. The summed E-state index contributed by atoms with van der Waals surface area (Å²) in [5.74, 6) is 1.67. The maximum absolute atomic E-state index is 12.9. The largest absolute Gasteiger partial charge is 0.350 e. The number of amides is 1. The number of H-pyrrole nitrogens is 2. The van der Waals surface area contributed by atoms with E-state index in [4.69, 9.17) is 0 Å². The number of piperazine rings is 1. The Balaban J connectivity index is 1.43. The van der Waals surface area contributed by atoms with E-state index in [1.807, 2.05) is 36.1 Å². The SMILES string of the molecule is Cc1nc(CN2CCN(C(=O)c3[nH]c4ccccc4c3Br)CC2)n[nH]1. The van der Waals surface area contributed by atoms with E-state index in [9.17, 15) is 4.79 Å². The molecule has 1 amide bonds. The monoisotopic (exact) mass is 402 g/mol. The lowest BCUT2D eigenvalue weighted by Gasteiger charge is -2.34. The fourth-order valence-electron chi connectivity index (χ4n) is 3.18. The third-order valence-electron chi connectivity index (χ3n) is 4.52. The molecular formula is C17H19BrN6O. The van der Waals surface area contributed by atoms with Gasteiger partial charge in [-0.25, -0.2) is 4.98 Å². The number of nitrogens with zero attached hydrogens (tertiary/aromatic N) is 4. The van der Waals surface area contributed by atoms with Gasteiger partial charge in [0.2, 0.25) is 0 Å². The lowest BCUT2D eigenvalue weighted by Crippen LogP contribution is -2.48. The molecule has 0 spiro atoms. The van der Waals surface area contributed by atoms with Crippen LogP contribution in [0.2, 0.25) is 0 Å². The number of carbonyl (C=O) groups excluding carboxylic acids is 1. The third-order valence-corrected chi connectivity index (χ3v) is 5.35. The number of fused-ring (bicyclic) bond motifs is 1. The minimum Gasteiger partial charge on any atom is -0.350 e. The Bertz CT molecular complexity index is 909. The van der Waals surface area contributed by atoms with Gasteiger partial charge in [-0.3, -0.25) is 14.8 Å². The van der Waals surface area contributed by atoms with Gasteiger partial charge in [0, 0.05) is 37.1 Å². The van der Waals surface area contributed by atoms with Crippen molar-refractivity contribution in [3.63, 3.8) is 0 Å². The van der Waals surface area contributed by atoms with E-state index in [0.717, 1.165) is 40.1 Å². The first kappa shape index (κ1) is 16.3. The Morgan fingerprint density at radius 3 is 2.68 bits per heavy atom. The molecule has 3 heterocycles. The highest BCUT2D eigenvalue weighted by molar-refractivity contribution is 9.10. The van der Waals surface area contributed by atoms with Crippen LogP contribution in [0.1, 0.15) is 22.1 Å². The molecule has 1 aromatic carbocycles. The van der Waals surface area contributed by atoms with E-state index in [1.165, 1.54) is 0 Å². The summed E-state index contributed by atoms with van der Waals surface area (Å²) in [4.78, 5) is 24.6. The molecule has 7 nitrogen and oxygen atoms in total. The Morgan fingerprint density at radius 1 is 1.24 bits per heavy atom. The number of aromatic nitrogens is 4. The third kappa shape index (κ3) is 3.19. The molecule has 130 valence electrons. The fraction of sp³-hybridized carbons (Fsp3) is 0.353. The molecule has 0 atom stereocenters. The molecule has 0 radical (unpaired) electrons. The van der Waals surface area contributed by atoms with Gasteiger partial charge in [0.25, 0.3) is 5.91 Å².